The summed E-state index contributed by atoms with van der Waals surface area (Å²) in [4.78, 5) is 17.7. The fraction of sp³-hybridized carbons (Fsp3) is 0.188. The molecule has 6 heteroatoms. The third-order valence-corrected chi connectivity index (χ3v) is 3.45. The van der Waals surface area contributed by atoms with Gasteiger partial charge in [-0.15, -0.1) is 0 Å². The number of nitrogens with zero attached hydrogens (tertiary/aromatic N) is 3. The number of nitrogens with one attached hydrogen (secondary N) is 1. The lowest BCUT2D eigenvalue weighted by molar-refractivity contribution is 0.209. The smallest absolute Gasteiger partial charge is 0.323 e. The highest BCUT2D eigenvalue weighted by Crippen LogP contribution is 2.32. The number of hydrogen-bond donors (Lipinski definition) is 1. The van der Waals surface area contributed by atoms with Gasteiger partial charge in [0.1, 0.15) is 17.3 Å². The van der Waals surface area contributed by atoms with E-state index in [9.17, 15) is 4.79 Å². The lowest BCUT2D eigenvalue weighted by Gasteiger charge is -2.28. The van der Waals surface area contributed by atoms with Crippen LogP contribution < -0.4 is 10.1 Å². The number of pyridine rings is 1. The first kappa shape index (κ1) is 13.9. The van der Waals surface area contributed by atoms with Crippen LogP contribution in [0.3, 0.4) is 0 Å². The second kappa shape index (κ2) is 5.74. The Kier molecular flexibility index (Phi) is 3.62. The van der Waals surface area contributed by atoms with Crippen LogP contribution in [0.2, 0.25) is 0 Å². The molecule has 0 atom stereocenters. The molecule has 1 aliphatic rings. The van der Waals surface area contributed by atoms with E-state index in [4.69, 9.17) is 10.00 Å². The highest BCUT2D eigenvalue weighted by Gasteiger charge is 2.25. The van der Waals surface area contributed by atoms with Crippen molar-refractivity contribution in [3.63, 3.8) is 0 Å². The van der Waals surface area contributed by atoms with E-state index in [1.165, 1.54) is 0 Å². The van der Waals surface area contributed by atoms with Crippen molar-refractivity contribution in [1.29, 1.82) is 5.26 Å². The molecule has 3 rings (SSSR count). The Hall–Kier alpha value is -3.07. The zero-order valence-corrected chi connectivity index (χ0v) is 12.0. The SMILES string of the molecule is CCN1Cc2c(Oc3cccc(C#N)c3)ccnc2NC1=O. The molecule has 1 aromatic carbocycles. The average Bonchev–Trinajstić information content (AvgIpc) is 2.54. The molecule has 6 nitrogen and oxygen atoms in total. The summed E-state index contributed by atoms with van der Waals surface area (Å²) in [6.45, 7) is 2.96. The molecule has 22 heavy (non-hydrogen) atoms. The van der Waals surface area contributed by atoms with Crippen LogP contribution in [-0.4, -0.2) is 22.5 Å². The lowest BCUT2D eigenvalue weighted by atomic mass is 10.2. The molecule has 1 N–H and O–H groups in total. The predicted molar refractivity (Wildman–Crippen MR) is 80.6 cm³/mol. The van der Waals surface area contributed by atoms with Gasteiger partial charge >= 0.3 is 6.03 Å². The second-order valence-electron chi connectivity index (χ2n) is 4.82. The van der Waals surface area contributed by atoms with Crippen molar-refractivity contribution in [2.75, 3.05) is 11.9 Å². The van der Waals surface area contributed by atoms with Gasteiger partial charge in [0, 0.05) is 12.7 Å². The van der Waals surface area contributed by atoms with Crippen molar-refractivity contribution in [3.8, 4) is 17.6 Å². The average molecular weight is 294 g/mol. The van der Waals surface area contributed by atoms with E-state index in [1.54, 1.807) is 41.4 Å². The Morgan fingerprint density at radius 3 is 3.09 bits per heavy atom. The van der Waals surface area contributed by atoms with Crippen molar-refractivity contribution in [2.45, 2.75) is 13.5 Å². The van der Waals surface area contributed by atoms with Gasteiger partial charge in [0.15, 0.2) is 0 Å². The zero-order chi connectivity index (χ0) is 15.5. The van der Waals surface area contributed by atoms with Gasteiger partial charge in [-0.05, 0) is 31.2 Å². The molecule has 0 radical (unpaired) electrons. The van der Waals surface area contributed by atoms with Crippen LogP contribution in [-0.2, 0) is 6.54 Å². The number of rotatable bonds is 3. The van der Waals surface area contributed by atoms with E-state index < -0.39 is 0 Å². The van der Waals surface area contributed by atoms with Crippen molar-refractivity contribution in [2.24, 2.45) is 0 Å². The van der Waals surface area contributed by atoms with Crippen LogP contribution in [0.15, 0.2) is 36.5 Å². The van der Waals surface area contributed by atoms with E-state index in [0.29, 0.717) is 36.0 Å². The van der Waals surface area contributed by atoms with Gasteiger partial charge in [-0.1, -0.05) is 6.07 Å². The summed E-state index contributed by atoms with van der Waals surface area (Å²) in [5.41, 5.74) is 1.36. The van der Waals surface area contributed by atoms with Gasteiger partial charge < -0.3 is 9.64 Å². The van der Waals surface area contributed by atoms with Crippen LogP contribution in [0, 0.1) is 11.3 Å². The molecule has 2 aromatic rings. The number of hydrogen-bond acceptors (Lipinski definition) is 4. The summed E-state index contributed by atoms with van der Waals surface area (Å²) in [5, 5.41) is 11.7. The van der Waals surface area contributed by atoms with Crippen LogP contribution in [0.1, 0.15) is 18.1 Å². The quantitative estimate of drug-likeness (QED) is 0.943. The number of fused-ring (bicyclic) bond motifs is 1. The first-order valence-corrected chi connectivity index (χ1v) is 6.93. The Bertz CT molecular complexity index is 767. The Morgan fingerprint density at radius 1 is 1.45 bits per heavy atom. The van der Waals surface area contributed by atoms with Gasteiger partial charge in [-0.2, -0.15) is 5.26 Å². The molecule has 0 saturated carbocycles. The number of carbonyl (C=O) groups excluding carboxylic acids is 1. The third kappa shape index (κ3) is 2.56. The normalized spacial score (nSPS) is 13.1. The van der Waals surface area contributed by atoms with Gasteiger partial charge in [0.25, 0.3) is 0 Å². The molecule has 2 amide bonds. The van der Waals surface area contributed by atoms with Gasteiger partial charge in [-0.3, -0.25) is 5.32 Å². The molecule has 0 spiro atoms. The van der Waals surface area contributed by atoms with Crippen molar-refractivity contribution >= 4 is 11.8 Å². The van der Waals surface area contributed by atoms with Crippen LogP contribution >= 0.6 is 0 Å². The Balaban J connectivity index is 1.94. The second-order valence-corrected chi connectivity index (χ2v) is 4.82. The van der Waals surface area contributed by atoms with E-state index >= 15 is 0 Å². The molecule has 0 fully saturated rings. The maximum Gasteiger partial charge on any atom is 0.323 e. The van der Waals surface area contributed by atoms with Gasteiger partial charge in [0.05, 0.1) is 23.7 Å². The number of amides is 2. The maximum absolute atomic E-state index is 11.8. The first-order chi connectivity index (χ1) is 10.7. The molecule has 0 aliphatic carbocycles. The monoisotopic (exact) mass is 294 g/mol. The van der Waals surface area contributed by atoms with E-state index in [2.05, 4.69) is 16.4 Å². The van der Waals surface area contributed by atoms with E-state index in [0.717, 1.165) is 5.56 Å². The predicted octanol–water partition coefficient (Wildman–Crippen LogP) is 3.11. The van der Waals surface area contributed by atoms with Crippen molar-refractivity contribution in [1.82, 2.24) is 9.88 Å². The minimum absolute atomic E-state index is 0.161. The summed E-state index contributed by atoms with van der Waals surface area (Å²) < 4.78 is 5.88. The summed E-state index contributed by atoms with van der Waals surface area (Å²) in [7, 11) is 0. The Morgan fingerprint density at radius 2 is 2.32 bits per heavy atom. The molecule has 0 saturated heterocycles. The number of urea groups is 1. The fourth-order valence-electron chi connectivity index (χ4n) is 2.29. The van der Waals surface area contributed by atoms with E-state index in [1.807, 2.05) is 6.92 Å². The Labute approximate surface area is 128 Å². The van der Waals surface area contributed by atoms with E-state index in [-0.39, 0.29) is 6.03 Å². The summed E-state index contributed by atoms with van der Waals surface area (Å²) in [5.74, 6) is 1.72. The topological polar surface area (TPSA) is 78.2 Å². The van der Waals surface area contributed by atoms with Crippen molar-refractivity contribution < 1.29 is 9.53 Å². The lowest BCUT2D eigenvalue weighted by Crippen LogP contribution is -2.38. The first-order valence-electron chi connectivity index (χ1n) is 6.93. The molecule has 2 heterocycles. The molecular formula is C16H14N4O2. The minimum atomic E-state index is -0.161. The fourth-order valence-corrected chi connectivity index (χ4v) is 2.29. The van der Waals surface area contributed by atoms with Crippen LogP contribution in [0.25, 0.3) is 0 Å². The summed E-state index contributed by atoms with van der Waals surface area (Å²) in [6, 6.07) is 10.6. The molecule has 0 unspecified atom stereocenters. The van der Waals surface area contributed by atoms with Crippen molar-refractivity contribution in [3.05, 3.63) is 47.7 Å². The largest absolute Gasteiger partial charge is 0.457 e. The number of nitriles is 1. The molecule has 110 valence electrons. The number of anilines is 1. The third-order valence-electron chi connectivity index (χ3n) is 3.45. The minimum Gasteiger partial charge on any atom is -0.457 e. The highest BCUT2D eigenvalue weighted by atomic mass is 16.5. The van der Waals surface area contributed by atoms with Crippen LogP contribution in [0.5, 0.6) is 11.5 Å². The number of carbonyl (C=O) groups is 1. The molecule has 1 aromatic heterocycles. The highest BCUT2D eigenvalue weighted by molar-refractivity contribution is 5.91. The number of benzene rings is 1. The standard InChI is InChI=1S/C16H14N4O2/c1-2-20-10-13-14(6-7-18-15(13)19-16(20)21)22-12-5-3-4-11(8-12)9-17/h3-8H,2,10H2,1H3,(H,18,19,21). The number of ether oxygens (including phenoxy) is 1. The number of aromatic nitrogens is 1. The molecule has 1 aliphatic heterocycles. The zero-order valence-electron chi connectivity index (χ0n) is 12.0. The van der Waals surface area contributed by atoms with Gasteiger partial charge in [0.2, 0.25) is 0 Å². The summed E-state index contributed by atoms with van der Waals surface area (Å²) in [6.07, 6.45) is 1.59. The molecule has 0 bridgehead atoms. The van der Waals surface area contributed by atoms with Crippen LogP contribution in [0.4, 0.5) is 10.6 Å². The molecular weight excluding hydrogens is 280 g/mol. The maximum atomic E-state index is 11.8. The van der Waals surface area contributed by atoms with Gasteiger partial charge in [-0.25, -0.2) is 9.78 Å². The summed E-state index contributed by atoms with van der Waals surface area (Å²) >= 11 is 0.